The quantitative estimate of drug-likeness (QED) is 0.761. The first-order valence-corrected chi connectivity index (χ1v) is 7.00. The molecule has 2 unspecified atom stereocenters. The van der Waals surface area contributed by atoms with Crippen LogP contribution >= 0.6 is 0 Å². The minimum Gasteiger partial charge on any atom is -0.383 e. The number of hydrogen-bond acceptors (Lipinski definition) is 3. The number of methoxy groups -OCH3 is 1. The van der Waals surface area contributed by atoms with E-state index in [4.69, 9.17) is 9.47 Å². The van der Waals surface area contributed by atoms with Gasteiger partial charge in [0, 0.05) is 26.3 Å². The molecule has 1 saturated heterocycles. The minimum atomic E-state index is 0.417. The molecule has 1 aliphatic rings. The SMILES string of the molecule is CC.CCC.CCOC1CC(COC)N(C)C1. The van der Waals surface area contributed by atoms with E-state index in [0.717, 1.165) is 26.2 Å². The van der Waals surface area contributed by atoms with Crippen LogP contribution in [0.5, 0.6) is 0 Å². The largest absolute Gasteiger partial charge is 0.383 e. The van der Waals surface area contributed by atoms with Gasteiger partial charge in [-0.1, -0.05) is 34.1 Å². The second kappa shape index (κ2) is 13.9. The van der Waals surface area contributed by atoms with Gasteiger partial charge in [0.15, 0.2) is 0 Å². The van der Waals surface area contributed by atoms with Gasteiger partial charge in [-0.2, -0.15) is 0 Å². The maximum Gasteiger partial charge on any atom is 0.0717 e. The van der Waals surface area contributed by atoms with Gasteiger partial charge in [0.05, 0.1) is 12.7 Å². The molecule has 0 aliphatic carbocycles. The van der Waals surface area contributed by atoms with Crippen molar-refractivity contribution in [2.45, 2.75) is 59.6 Å². The first-order valence-electron chi connectivity index (χ1n) is 7.00. The second-order valence-corrected chi connectivity index (χ2v) is 4.07. The molecule has 1 heterocycles. The molecule has 0 aromatic rings. The van der Waals surface area contributed by atoms with Crippen LogP contribution in [0, 0.1) is 0 Å². The number of rotatable bonds is 4. The highest BCUT2D eigenvalue weighted by Crippen LogP contribution is 2.18. The fraction of sp³-hybridized carbons (Fsp3) is 1.00. The summed E-state index contributed by atoms with van der Waals surface area (Å²) in [6.07, 6.45) is 2.78. The van der Waals surface area contributed by atoms with Gasteiger partial charge in [-0.05, 0) is 20.4 Å². The fourth-order valence-electron chi connectivity index (χ4n) is 1.77. The Hall–Kier alpha value is -0.120. The Labute approximate surface area is 108 Å². The molecule has 0 bridgehead atoms. The van der Waals surface area contributed by atoms with Gasteiger partial charge in [0.1, 0.15) is 0 Å². The summed E-state index contributed by atoms with van der Waals surface area (Å²) in [6, 6.07) is 0.548. The van der Waals surface area contributed by atoms with Crippen molar-refractivity contribution in [3.63, 3.8) is 0 Å². The number of likely N-dealkylation sites (N-methyl/N-ethyl adjacent to an activating group) is 1. The third-order valence-corrected chi connectivity index (χ3v) is 2.41. The molecule has 0 N–H and O–H groups in total. The van der Waals surface area contributed by atoms with Crippen molar-refractivity contribution < 1.29 is 9.47 Å². The third-order valence-electron chi connectivity index (χ3n) is 2.41. The molecule has 0 amide bonds. The van der Waals surface area contributed by atoms with Crippen LogP contribution in [0.1, 0.15) is 47.5 Å². The maximum atomic E-state index is 5.55. The standard InChI is InChI=1S/C9H19NO2.C3H8.C2H6/c1-4-12-9-5-8(7-11-3)10(2)6-9;1-3-2;1-2/h8-9H,4-7H2,1-3H3;3H2,1-2H3;1-2H3. The molecule has 1 rings (SSSR count). The molecule has 1 aliphatic heterocycles. The fourth-order valence-corrected chi connectivity index (χ4v) is 1.77. The van der Waals surface area contributed by atoms with E-state index in [2.05, 4.69) is 25.8 Å². The van der Waals surface area contributed by atoms with Crippen LogP contribution in [0.15, 0.2) is 0 Å². The van der Waals surface area contributed by atoms with Crippen molar-refractivity contribution in [3.05, 3.63) is 0 Å². The highest BCUT2D eigenvalue weighted by atomic mass is 16.5. The van der Waals surface area contributed by atoms with Crippen LogP contribution in [0.4, 0.5) is 0 Å². The van der Waals surface area contributed by atoms with E-state index in [0.29, 0.717) is 12.1 Å². The Kier molecular flexibility index (Phi) is 15.8. The zero-order valence-corrected chi connectivity index (χ0v) is 13.0. The summed E-state index contributed by atoms with van der Waals surface area (Å²) < 4.78 is 10.7. The van der Waals surface area contributed by atoms with Crippen molar-refractivity contribution in [1.29, 1.82) is 0 Å². The van der Waals surface area contributed by atoms with Gasteiger partial charge in [0.25, 0.3) is 0 Å². The van der Waals surface area contributed by atoms with E-state index in [9.17, 15) is 0 Å². The van der Waals surface area contributed by atoms with Crippen LogP contribution in [0.25, 0.3) is 0 Å². The molecular weight excluding hydrogens is 214 g/mol. The predicted molar refractivity (Wildman–Crippen MR) is 75.6 cm³/mol. The van der Waals surface area contributed by atoms with E-state index in [1.165, 1.54) is 6.42 Å². The highest BCUT2D eigenvalue weighted by molar-refractivity contribution is 4.83. The summed E-state index contributed by atoms with van der Waals surface area (Å²) in [4.78, 5) is 2.31. The first-order chi connectivity index (χ1) is 8.19. The van der Waals surface area contributed by atoms with Crippen LogP contribution in [0.3, 0.4) is 0 Å². The Morgan fingerprint density at radius 3 is 2.12 bits per heavy atom. The Morgan fingerprint density at radius 2 is 1.71 bits per heavy atom. The highest BCUT2D eigenvalue weighted by Gasteiger charge is 2.29. The van der Waals surface area contributed by atoms with Crippen molar-refractivity contribution in [2.24, 2.45) is 0 Å². The summed E-state index contributed by atoms with van der Waals surface area (Å²) in [6.45, 7) is 13.0. The lowest BCUT2D eigenvalue weighted by Crippen LogP contribution is -2.28. The average Bonchev–Trinajstić information content (AvgIpc) is 2.64. The lowest BCUT2D eigenvalue weighted by molar-refractivity contribution is 0.0701. The minimum absolute atomic E-state index is 0.417. The van der Waals surface area contributed by atoms with Crippen molar-refractivity contribution in [1.82, 2.24) is 4.90 Å². The Morgan fingerprint density at radius 1 is 1.18 bits per heavy atom. The number of hydrogen-bond donors (Lipinski definition) is 0. The van der Waals surface area contributed by atoms with E-state index >= 15 is 0 Å². The zero-order valence-electron chi connectivity index (χ0n) is 13.0. The topological polar surface area (TPSA) is 21.7 Å². The molecule has 0 radical (unpaired) electrons. The van der Waals surface area contributed by atoms with Crippen molar-refractivity contribution >= 4 is 0 Å². The van der Waals surface area contributed by atoms with E-state index in [1.807, 2.05) is 20.8 Å². The Bertz CT molecular complexity index is 142. The molecule has 0 aromatic heterocycles. The second-order valence-electron chi connectivity index (χ2n) is 4.07. The molecule has 17 heavy (non-hydrogen) atoms. The van der Waals surface area contributed by atoms with Gasteiger partial charge in [-0.15, -0.1) is 0 Å². The lowest BCUT2D eigenvalue weighted by atomic mass is 10.2. The van der Waals surface area contributed by atoms with Crippen LogP contribution in [-0.2, 0) is 9.47 Å². The van der Waals surface area contributed by atoms with Gasteiger partial charge >= 0.3 is 0 Å². The van der Waals surface area contributed by atoms with Crippen LogP contribution < -0.4 is 0 Å². The number of ether oxygens (including phenoxy) is 2. The average molecular weight is 247 g/mol. The van der Waals surface area contributed by atoms with Gasteiger partial charge in [-0.25, -0.2) is 0 Å². The predicted octanol–water partition coefficient (Wildman–Crippen LogP) is 3.18. The van der Waals surface area contributed by atoms with Gasteiger partial charge in [-0.3, -0.25) is 4.90 Å². The lowest BCUT2D eigenvalue weighted by Gasteiger charge is -2.16. The zero-order chi connectivity index (χ0) is 13.7. The van der Waals surface area contributed by atoms with Gasteiger partial charge in [0.2, 0.25) is 0 Å². The van der Waals surface area contributed by atoms with Gasteiger partial charge < -0.3 is 9.47 Å². The molecule has 106 valence electrons. The molecule has 2 atom stereocenters. The molecule has 3 heteroatoms. The Balaban J connectivity index is 0. The van der Waals surface area contributed by atoms with Crippen LogP contribution in [-0.4, -0.2) is 51.0 Å². The summed E-state index contributed by atoms with van der Waals surface area (Å²) in [7, 11) is 3.88. The number of nitrogens with zero attached hydrogens (tertiary/aromatic N) is 1. The molecule has 0 aromatic carbocycles. The van der Waals surface area contributed by atoms with E-state index in [1.54, 1.807) is 7.11 Å². The number of likely N-dealkylation sites (tertiary alicyclic amines) is 1. The van der Waals surface area contributed by atoms with Crippen LogP contribution in [0.2, 0.25) is 0 Å². The maximum absolute atomic E-state index is 5.55. The normalized spacial score (nSPS) is 23.5. The third kappa shape index (κ3) is 9.57. The molecule has 0 spiro atoms. The van der Waals surface area contributed by atoms with E-state index < -0.39 is 0 Å². The molecule has 1 fully saturated rings. The monoisotopic (exact) mass is 247 g/mol. The van der Waals surface area contributed by atoms with E-state index in [-0.39, 0.29) is 0 Å². The molecule has 0 saturated carbocycles. The summed E-state index contributed by atoms with van der Waals surface area (Å²) in [5, 5.41) is 0. The molecule has 3 nitrogen and oxygen atoms in total. The smallest absolute Gasteiger partial charge is 0.0717 e. The summed E-state index contributed by atoms with van der Waals surface area (Å²) in [5.74, 6) is 0. The molecular formula is C14H33NO2. The summed E-state index contributed by atoms with van der Waals surface area (Å²) in [5.41, 5.74) is 0. The summed E-state index contributed by atoms with van der Waals surface area (Å²) >= 11 is 0. The van der Waals surface area contributed by atoms with Crippen molar-refractivity contribution in [2.75, 3.05) is 33.9 Å². The first kappa shape index (κ1) is 19.2. The van der Waals surface area contributed by atoms with Crippen molar-refractivity contribution in [3.8, 4) is 0 Å².